The fourth-order valence-corrected chi connectivity index (χ4v) is 9.22. The van der Waals surface area contributed by atoms with E-state index in [1.54, 1.807) is 21.0 Å². The van der Waals surface area contributed by atoms with Crippen molar-refractivity contribution in [2.75, 3.05) is 13.7 Å². The van der Waals surface area contributed by atoms with Crippen LogP contribution in [0, 0.1) is 35.5 Å². The Bertz CT molecular complexity index is 1360. The second-order valence-corrected chi connectivity index (χ2v) is 17.0. The van der Waals surface area contributed by atoms with Gasteiger partial charge in [0, 0.05) is 31.9 Å². The number of hydrogen-bond donors (Lipinski definition) is 3. The summed E-state index contributed by atoms with van der Waals surface area (Å²) < 4.78 is 18.0. The van der Waals surface area contributed by atoms with Crippen LogP contribution in [0.2, 0.25) is 0 Å². The van der Waals surface area contributed by atoms with Crippen molar-refractivity contribution in [3.63, 3.8) is 0 Å². The molecule has 0 aromatic heterocycles. The Morgan fingerprint density at radius 1 is 0.962 bits per heavy atom. The highest BCUT2D eigenvalue weighted by Gasteiger charge is 2.54. The average Bonchev–Trinajstić information content (AvgIpc) is 3.12. The van der Waals surface area contributed by atoms with Gasteiger partial charge in [-0.1, -0.05) is 53.7 Å². The Balaban J connectivity index is 1.72. The fourth-order valence-electron chi connectivity index (χ4n) is 9.22. The molecule has 0 spiro atoms. The number of ether oxygens (including phenoxy) is 3. The molecule has 0 aromatic carbocycles. The van der Waals surface area contributed by atoms with Gasteiger partial charge in [0.2, 0.25) is 5.79 Å². The highest BCUT2D eigenvalue weighted by Crippen LogP contribution is 2.40. The number of rotatable bonds is 4. The molecule has 13 atom stereocenters. The van der Waals surface area contributed by atoms with Crippen molar-refractivity contribution in [2.24, 2.45) is 35.5 Å². The van der Waals surface area contributed by atoms with Gasteiger partial charge in [-0.25, -0.2) is 4.79 Å². The van der Waals surface area contributed by atoms with Gasteiger partial charge in [-0.3, -0.25) is 14.4 Å². The Morgan fingerprint density at radius 3 is 2.36 bits per heavy atom. The van der Waals surface area contributed by atoms with Gasteiger partial charge < -0.3 is 34.4 Å². The smallest absolute Gasteiger partial charge is 0.329 e. The Hall–Kier alpha value is -2.44. The molecule has 1 saturated carbocycles. The third kappa shape index (κ3) is 10.5. The van der Waals surface area contributed by atoms with Crippen molar-refractivity contribution in [1.29, 1.82) is 0 Å². The maximum absolute atomic E-state index is 14.2. The quantitative estimate of drug-likeness (QED) is 0.191. The van der Waals surface area contributed by atoms with Crippen molar-refractivity contribution in [3.05, 3.63) is 23.3 Å². The number of amides is 1. The summed E-state index contributed by atoms with van der Waals surface area (Å²) in [4.78, 5) is 57.1. The third-order valence-corrected chi connectivity index (χ3v) is 12.6. The van der Waals surface area contributed by atoms with Crippen LogP contribution in [-0.4, -0.2) is 99.7 Å². The molecule has 11 heteroatoms. The lowest BCUT2D eigenvalue weighted by Gasteiger charge is -2.45. The van der Waals surface area contributed by atoms with Crippen LogP contribution in [0.1, 0.15) is 126 Å². The summed E-state index contributed by atoms with van der Waals surface area (Å²) in [6, 6.07) is -1.08. The molecule has 1 amide bonds. The molecule has 11 nitrogen and oxygen atoms in total. The van der Waals surface area contributed by atoms with Gasteiger partial charge in [0.15, 0.2) is 5.78 Å². The number of hydrogen-bond acceptors (Lipinski definition) is 10. The number of aliphatic hydroxyl groups is 3. The molecular formula is C42H67NO10. The highest BCUT2D eigenvalue weighted by atomic mass is 16.6. The highest BCUT2D eigenvalue weighted by molar-refractivity contribution is 6.39. The second-order valence-electron chi connectivity index (χ2n) is 17.0. The average molecular weight is 746 g/mol. The van der Waals surface area contributed by atoms with Crippen molar-refractivity contribution in [3.8, 4) is 0 Å². The number of ketones is 2. The number of esters is 1. The van der Waals surface area contributed by atoms with Crippen LogP contribution in [-0.2, 0) is 33.4 Å². The maximum Gasteiger partial charge on any atom is 0.329 e. The van der Waals surface area contributed by atoms with Crippen LogP contribution >= 0.6 is 0 Å². The molecule has 0 aromatic rings. The minimum absolute atomic E-state index is 0.0202. The largest absolute Gasteiger partial charge is 0.456 e. The summed E-state index contributed by atoms with van der Waals surface area (Å²) in [5, 5.41) is 33.8. The number of piperidine rings is 1. The number of cyclic esters (lactones) is 1. The molecule has 0 radical (unpaired) electrons. The zero-order valence-electron chi connectivity index (χ0n) is 33.4. The molecule has 300 valence electrons. The molecule has 53 heavy (non-hydrogen) atoms. The number of Topliss-reactive ketones (excluding diaryl/α,β-unsaturated/α-hetero) is 2. The van der Waals surface area contributed by atoms with Crippen LogP contribution in [0.5, 0.6) is 0 Å². The van der Waals surface area contributed by atoms with E-state index in [4.69, 9.17) is 14.2 Å². The number of aliphatic hydroxyl groups excluding tert-OH is 2. The first-order chi connectivity index (χ1) is 25.0. The molecular weight excluding hydrogens is 678 g/mol. The van der Waals surface area contributed by atoms with E-state index in [2.05, 4.69) is 13.8 Å². The summed E-state index contributed by atoms with van der Waals surface area (Å²) >= 11 is 0. The summed E-state index contributed by atoms with van der Waals surface area (Å²) in [5.74, 6) is -6.09. The lowest BCUT2D eigenvalue weighted by Crippen LogP contribution is -2.61. The van der Waals surface area contributed by atoms with E-state index in [1.165, 1.54) is 4.90 Å². The van der Waals surface area contributed by atoms with Gasteiger partial charge in [0.05, 0.1) is 24.4 Å². The molecule has 1 aliphatic carbocycles. The van der Waals surface area contributed by atoms with Gasteiger partial charge in [0.1, 0.15) is 12.1 Å². The molecule has 3 aliphatic heterocycles. The van der Waals surface area contributed by atoms with E-state index in [9.17, 15) is 34.5 Å². The predicted octanol–water partition coefficient (Wildman–Crippen LogP) is 5.47. The molecule has 3 fully saturated rings. The lowest BCUT2D eigenvalue weighted by atomic mass is 9.79. The molecule has 2 saturated heterocycles. The molecule has 2 bridgehead atoms. The zero-order chi connectivity index (χ0) is 39.2. The SMILES string of the molecule is CCC1=CC(C)C[C@H](C)CC[C@H]2O[C@@](O)(C(=O)C(=O)N3CCCCC3C(=O)O[C@H](C(C)=C[C@@H]3CC[C@@H](O)[C@H](OC)C3)[C@H](C)[C@@H](O)CC1=O)[C@H](C)C[C@@H]2C. The number of carbonyl (C=O) groups excluding carboxylic acids is 4. The van der Waals surface area contributed by atoms with Crippen molar-refractivity contribution in [2.45, 2.75) is 168 Å². The molecule has 2 unspecified atom stereocenters. The summed E-state index contributed by atoms with van der Waals surface area (Å²) in [5.41, 5.74) is 1.34. The standard InChI is InChI=1S/C42H67NO10/c1-9-31-19-25(3)18-24(2)13-16-36-26(4)20-28(6)42(50,53-36)39(47)40(48)43-17-11-10-12-32(43)41(49)52-38(29(7)34(45)23-35(31)46)27(5)21-30-14-15-33(44)37(22-30)51-8/h19,21,24-26,28-30,32-34,36-38,44-45,50H,9-18,20,22-23H2,1-8H3/t24-,25?,26+,28-,29-,30+,32?,33-,34+,36-,37-,38-,42-/m1/s1. The number of fused-ring (bicyclic) bond motifs is 3. The van der Waals surface area contributed by atoms with Gasteiger partial charge >= 0.3 is 5.97 Å². The summed E-state index contributed by atoms with van der Waals surface area (Å²) in [7, 11) is 1.57. The molecule has 3 N–H and O–H groups in total. The third-order valence-electron chi connectivity index (χ3n) is 12.6. The summed E-state index contributed by atoms with van der Waals surface area (Å²) in [6.07, 6.45) is 6.97. The van der Waals surface area contributed by atoms with Crippen LogP contribution in [0.4, 0.5) is 0 Å². The van der Waals surface area contributed by atoms with Gasteiger partial charge in [-0.05, 0) is 112 Å². The molecule has 3 heterocycles. The number of methoxy groups -OCH3 is 1. The van der Waals surface area contributed by atoms with Crippen molar-refractivity contribution < 1.29 is 48.7 Å². The van der Waals surface area contributed by atoms with E-state index in [0.29, 0.717) is 62.5 Å². The van der Waals surface area contributed by atoms with Gasteiger partial charge in [-0.15, -0.1) is 0 Å². The van der Waals surface area contributed by atoms with E-state index in [1.807, 2.05) is 32.9 Å². The van der Waals surface area contributed by atoms with Crippen LogP contribution in [0.15, 0.2) is 23.3 Å². The summed E-state index contributed by atoms with van der Waals surface area (Å²) in [6.45, 7) is 13.7. The Morgan fingerprint density at radius 2 is 1.68 bits per heavy atom. The van der Waals surface area contributed by atoms with E-state index in [0.717, 1.165) is 12.8 Å². The second kappa shape index (κ2) is 18.9. The number of allylic oxidation sites excluding steroid dienone is 3. The van der Waals surface area contributed by atoms with Gasteiger partial charge in [0.25, 0.3) is 11.7 Å². The maximum atomic E-state index is 14.2. The molecule has 4 rings (SSSR count). The lowest BCUT2D eigenvalue weighted by molar-refractivity contribution is -0.275. The Kier molecular flexibility index (Phi) is 15.5. The topological polar surface area (TPSA) is 160 Å². The molecule has 4 aliphatic rings. The minimum atomic E-state index is -2.32. The van der Waals surface area contributed by atoms with E-state index in [-0.39, 0.29) is 54.9 Å². The van der Waals surface area contributed by atoms with Crippen molar-refractivity contribution >= 4 is 23.4 Å². The first-order valence-electron chi connectivity index (χ1n) is 20.3. The normalized spacial score (nSPS) is 40.8. The fraction of sp³-hybridized carbons (Fsp3) is 0.810. The first kappa shape index (κ1) is 43.3. The number of nitrogens with zero attached hydrogens (tertiary/aromatic N) is 1. The number of carbonyl (C=O) groups is 4. The van der Waals surface area contributed by atoms with Crippen LogP contribution in [0.25, 0.3) is 0 Å². The van der Waals surface area contributed by atoms with Gasteiger partial charge in [-0.2, -0.15) is 0 Å². The van der Waals surface area contributed by atoms with E-state index < -0.39 is 65.7 Å². The minimum Gasteiger partial charge on any atom is -0.456 e. The van der Waals surface area contributed by atoms with E-state index >= 15 is 0 Å². The zero-order valence-corrected chi connectivity index (χ0v) is 33.4. The Labute approximate surface area is 316 Å². The van der Waals surface area contributed by atoms with Crippen molar-refractivity contribution in [1.82, 2.24) is 4.90 Å². The monoisotopic (exact) mass is 745 g/mol. The predicted molar refractivity (Wildman–Crippen MR) is 200 cm³/mol. The first-order valence-corrected chi connectivity index (χ1v) is 20.3. The van der Waals surface area contributed by atoms with Crippen LogP contribution < -0.4 is 0 Å². The van der Waals surface area contributed by atoms with Crippen LogP contribution in [0.3, 0.4) is 0 Å².